The van der Waals surface area contributed by atoms with E-state index < -0.39 is 117 Å². The highest BCUT2D eigenvalue weighted by atomic mass is 19.4. The van der Waals surface area contributed by atoms with E-state index in [-0.39, 0.29) is 17.8 Å². The summed E-state index contributed by atoms with van der Waals surface area (Å²) in [4.78, 5) is 24.7. The number of hydrogen-bond acceptors (Lipinski definition) is 7. The lowest BCUT2D eigenvalue weighted by atomic mass is 9.90. The summed E-state index contributed by atoms with van der Waals surface area (Å²) in [6.07, 6.45) is -16.6. The molecular weight excluding hydrogens is 910 g/mol. The van der Waals surface area contributed by atoms with Crippen molar-refractivity contribution in [3.63, 3.8) is 0 Å². The Morgan fingerprint density at radius 2 is 1.00 bits per heavy atom. The van der Waals surface area contributed by atoms with Crippen molar-refractivity contribution < 1.29 is 112 Å². The summed E-state index contributed by atoms with van der Waals surface area (Å²) in [6.45, 7) is 1.69. The summed E-state index contributed by atoms with van der Waals surface area (Å²) in [5.74, 6) is -44.8. The van der Waals surface area contributed by atoms with Gasteiger partial charge in [0, 0.05) is 25.3 Å². The predicted octanol–water partition coefficient (Wildman–Crippen LogP) is 12.2. The highest BCUT2D eigenvalue weighted by Gasteiger charge is 2.82. The summed E-state index contributed by atoms with van der Waals surface area (Å²) in [7, 11) is 0. The van der Waals surface area contributed by atoms with Gasteiger partial charge in [-0.1, -0.05) is 19.1 Å². The van der Waals surface area contributed by atoms with Crippen molar-refractivity contribution in [2.24, 2.45) is 5.41 Å². The van der Waals surface area contributed by atoms with Crippen molar-refractivity contribution in [3.05, 3.63) is 35.9 Å². The third-order valence-corrected chi connectivity index (χ3v) is 10.0. The van der Waals surface area contributed by atoms with Crippen LogP contribution in [0, 0.1) is 5.41 Å². The smallest absolute Gasteiger partial charge is 0.460 e. The van der Waals surface area contributed by atoms with E-state index in [9.17, 15) is 88.6 Å². The molecule has 1 aromatic rings. The second kappa shape index (κ2) is 20.3. The summed E-state index contributed by atoms with van der Waals surface area (Å²) in [5.41, 5.74) is -0.196. The van der Waals surface area contributed by atoms with Crippen LogP contribution in [-0.4, -0.2) is 97.6 Å². The number of alkyl halides is 18. The minimum atomic E-state index is -7.29. The fourth-order valence-electron chi connectivity index (χ4n) is 5.46. The van der Waals surface area contributed by atoms with Gasteiger partial charge in [0.25, 0.3) is 0 Å². The van der Waals surface area contributed by atoms with E-state index in [1.807, 2.05) is 6.92 Å². The molecule has 0 amide bonds. The molecule has 0 aliphatic heterocycles. The molecule has 0 bridgehead atoms. The van der Waals surface area contributed by atoms with Gasteiger partial charge in [-0.05, 0) is 83.1 Å². The topological polar surface area (TPSA) is 80.3 Å². The van der Waals surface area contributed by atoms with E-state index in [1.54, 1.807) is 13.8 Å². The zero-order valence-corrected chi connectivity index (χ0v) is 33.8. The van der Waals surface area contributed by atoms with Crippen LogP contribution in [0.5, 0.6) is 5.75 Å². The van der Waals surface area contributed by atoms with E-state index in [0.29, 0.717) is 44.6 Å². The van der Waals surface area contributed by atoms with Gasteiger partial charge in [-0.2, -0.15) is 79.0 Å². The maximum absolute atomic E-state index is 14.1. The van der Waals surface area contributed by atoms with E-state index >= 15 is 0 Å². The molecule has 0 N–H and O–H groups in total. The third-order valence-electron chi connectivity index (χ3n) is 10.0. The lowest BCUT2D eigenvalue weighted by molar-refractivity contribution is -0.399. The van der Waals surface area contributed by atoms with Gasteiger partial charge >= 0.3 is 59.8 Å². The number of benzene rings is 1. The fraction of sp³-hybridized carbons (Fsp3) is 0.737. The standard InChI is InChI=1S/C38H44F18O7/c1-5-29(2,3)28(58)63-26-14-12-25(13-15-26)62-27(57)16-9-23-7-10-24(11-8-23)59-20-6-17-30(4,60-21-18-31(39,40)33(43,44)35(47,48)37(51,52)53)61-22-19-32(41,42)34(45,46)36(49,50)38(54,55)56/h7-11,16,25-26H,5-6,12-15,17-22H2,1-4H3/b16-9+. The van der Waals surface area contributed by atoms with Gasteiger partial charge in [-0.25, -0.2) is 4.79 Å². The molecule has 1 aromatic carbocycles. The molecule has 25 heteroatoms. The van der Waals surface area contributed by atoms with Crippen molar-refractivity contribution >= 4 is 18.0 Å². The number of ether oxygens (including phenoxy) is 5. The monoisotopic (exact) mass is 954 g/mol. The first-order chi connectivity index (χ1) is 28.4. The molecule has 0 atom stereocenters. The third kappa shape index (κ3) is 13.7. The zero-order valence-electron chi connectivity index (χ0n) is 33.8. The molecule has 0 heterocycles. The van der Waals surface area contributed by atoms with Gasteiger partial charge in [-0.3, -0.25) is 4.79 Å². The Kier molecular flexibility index (Phi) is 17.8. The summed E-state index contributed by atoms with van der Waals surface area (Å²) >= 11 is 0. The molecule has 0 spiro atoms. The lowest BCUT2D eigenvalue weighted by Gasteiger charge is -2.36. The number of carbonyl (C=O) groups excluding carboxylic acids is 2. The highest BCUT2D eigenvalue weighted by molar-refractivity contribution is 5.87. The molecule has 63 heavy (non-hydrogen) atoms. The summed E-state index contributed by atoms with van der Waals surface area (Å²) in [6, 6.07) is 5.56. The average Bonchev–Trinajstić information content (AvgIpc) is 3.15. The molecule has 0 saturated heterocycles. The van der Waals surface area contributed by atoms with Crippen LogP contribution < -0.4 is 4.74 Å². The quantitative estimate of drug-likeness (QED) is 0.0355. The molecule has 1 fully saturated rings. The van der Waals surface area contributed by atoms with Crippen LogP contribution in [0.15, 0.2) is 30.3 Å². The molecular formula is C38H44F18O7. The number of halogens is 18. The first-order valence-electron chi connectivity index (χ1n) is 18.9. The van der Waals surface area contributed by atoms with Crippen molar-refractivity contribution in [2.75, 3.05) is 19.8 Å². The van der Waals surface area contributed by atoms with Gasteiger partial charge in [0.2, 0.25) is 0 Å². The number of rotatable bonds is 23. The van der Waals surface area contributed by atoms with Crippen molar-refractivity contribution in [1.82, 2.24) is 0 Å². The first kappa shape index (κ1) is 55.5. The minimum absolute atomic E-state index is 0.0815. The maximum atomic E-state index is 14.1. The summed E-state index contributed by atoms with van der Waals surface area (Å²) < 4.78 is 265. The molecule has 1 saturated carbocycles. The van der Waals surface area contributed by atoms with Crippen LogP contribution in [0.4, 0.5) is 79.0 Å². The molecule has 0 radical (unpaired) electrons. The van der Waals surface area contributed by atoms with Gasteiger partial charge in [0.05, 0.1) is 25.2 Å². The average molecular weight is 955 g/mol. The molecule has 1 aliphatic rings. The number of carbonyl (C=O) groups is 2. The van der Waals surface area contributed by atoms with Crippen LogP contribution in [-0.2, 0) is 28.5 Å². The van der Waals surface area contributed by atoms with E-state index in [0.717, 1.165) is 6.08 Å². The Hall–Kier alpha value is -3.64. The van der Waals surface area contributed by atoms with E-state index in [1.165, 1.54) is 30.3 Å². The van der Waals surface area contributed by atoms with Gasteiger partial charge < -0.3 is 23.7 Å². The first-order valence-corrected chi connectivity index (χ1v) is 18.9. The number of esters is 2. The second-order valence-corrected chi connectivity index (χ2v) is 15.4. The Bertz CT molecular complexity index is 1610. The predicted molar refractivity (Wildman–Crippen MR) is 184 cm³/mol. The highest BCUT2D eigenvalue weighted by Crippen LogP contribution is 2.55. The Morgan fingerprint density at radius 3 is 1.40 bits per heavy atom. The Labute approximate surface area is 348 Å². The van der Waals surface area contributed by atoms with Crippen LogP contribution in [0.2, 0.25) is 0 Å². The normalized spacial score (nSPS) is 18.1. The SMILES string of the molecule is CCC(C)(C)C(=O)OC1CCC(OC(=O)/C=C/c2ccc(OCCCC(C)(OCCC(F)(F)C(F)(F)C(F)(F)C(F)(F)F)OCCC(F)(F)C(F)(F)C(F)(F)C(F)(F)F)cc2)CC1. The van der Waals surface area contributed by atoms with Crippen molar-refractivity contribution in [2.45, 2.75) is 151 Å². The molecule has 1 aliphatic carbocycles. The van der Waals surface area contributed by atoms with Gasteiger partial charge in [0.15, 0.2) is 5.79 Å². The maximum Gasteiger partial charge on any atom is 0.460 e. The largest absolute Gasteiger partial charge is 0.494 e. The van der Waals surface area contributed by atoms with Crippen LogP contribution in [0.1, 0.15) is 91.0 Å². The molecule has 0 unspecified atom stereocenters. The molecule has 0 aromatic heterocycles. The van der Waals surface area contributed by atoms with Crippen LogP contribution in [0.3, 0.4) is 0 Å². The van der Waals surface area contributed by atoms with Gasteiger partial charge in [-0.15, -0.1) is 0 Å². The summed E-state index contributed by atoms with van der Waals surface area (Å²) in [5, 5.41) is 0. The Balaban J connectivity index is 2.05. The lowest BCUT2D eigenvalue weighted by Crippen LogP contribution is -2.61. The fourth-order valence-corrected chi connectivity index (χ4v) is 5.46. The minimum Gasteiger partial charge on any atom is -0.494 e. The number of hydrogen-bond donors (Lipinski definition) is 0. The van der Waals surface area contributed by atoms with Crippen molar-refractivity contribution in [3.8, 4) is 5.75 Å². The molecule has 7 nitrogen and oxygen atoms in total. The second-order valence-electron chi connectivity index (χ2n) is 15.4. The molecule has 2 rings (SSSR count). The van der Waals surface area contributed by atoms with E-state index in [4.69, 9.17) is 23.7 Å². The molecule has 364 valence electrons. The van der Waals surface area contributed by atoms with Gasteiger partial charge in [0.1, 0.15) is 18.0 Å². The van der Waals surface area contributed by atoms with E-state index in [2.05, 4.69) is 0 Å². The van der Waals surface area contributed by atoms with Crippen molar-refractivity contribution in [1.29, 1.82) is 0 Å². The Morgan fingerprint density at radius 1 is 0.587 bits per heavy atom. The van der Waals surface area contributed by atoms with Crippen LogP contribution in [0.25, 0.3) is 6.08 Å². The zero-order chi connectivity index (χ0) is 48.7. The van der Waals surface area contributed by atoms with Crippen LogP contribution >= 0.6 is 0 Å².